The molecule has 0 nitrogen and oxygen atoms in total. The SMILES string of the molecule is FCc1ccc(C2CCC(/C=C/CC(F)(F)F)CC2)cc1. The second-order valence-electron chi connectivity index (χ2n) is 5.73. The minimum Gasteiger partial charge on any atom is -0.246 e. The molecule has 2 rings (SSSR count). The summed E-state index contributed by atoms with van der Waals surface area (Å²) in [5.41, 5.74) is 1.90. The molecule has 1 aliphatic rings. The van der Waals surface area contributed by atoms with Crippen molar-refractivity contribution in [2.75, 3.05) is 0 Å². The van der Waals surface area contributed by atoms with Crippen LogP contribution in [0.5, 0.6) is 0 Å². The van der Waals surface area contributed by atoms with Crippen molar-refractivity contribution in [3.8, 4) is 0 Å². The quantitative estimate of drug-likeness (QED) is 0.477. The Balaban J connectivity index is 1.82. The van der Waals surface area contributed by atoms with Crippen LogP contribution < -0.4 is 0 Å². The number of rotatable bonds is 4. The molecule has 0 aromatic heterocycles. The molecule has 0 atom stereocenters. The van der Waals surface area contributed by atoms with Gasteiger partial charge in [-0.1, -0.05) is 36.4 Å². The van der Waals surface area contributed by atoms with Gasteiger partial charge >= 0.3 is 6.18 Å². The summed E-state index contributed by atoms with van der Waals surface area (Å²) in [6.07, 6.45) is 1.83. The maximum Gasteiger partial charge on any atom is 0.392 e. The molecular weight excluding hydrogens is 280 g/mol. The largest absolute Gasteiger partial charge is 0.392 e. The standard InChI is InChI=1S/C17H20F4/c18-12-14-5-9-16(10-6-14)15-7-3-13(4-8-15)2-1-11-17(19,20)21/h1-2,5-6,9-10,13,15H,3-4,7-8,11-12H2/b2-1+. The minimum absolute atomic E-state index is 0.258. The molecule has 1 aliphatic carbocycles. The number of alkyl halides is 4. The van der Waals surface area contributed by atoms with Gasteiger partial charge in [-0.3, -0.25) is 0 Å². The van der Waals surface area contributed by atoms with Crippen LogP contribution in [0, 0.1) is 5.92 Å². The molecule has 0 bridgehead atoms. The lowest BCUT2D eigenvalue weighted by Crippen LogP contribution is -2.12. The number of allylic oxidation sites excluding steroid dienone is 2. The normalized spacial score (nSPS) is 23.6. The molecule has 0 N–H and O–H groups in total. The van der Waals surface area contributed by atoms with Gasteiger partial charge in [0.05, 0.1) is 6.42 Å². The van der Waals surface area contributed by atoms with Gasteiger partial charge < -0.3 is 0 Å². The number of halogens is 4. The van der Waals surface area contributed by atoms with E-state index in [1.54, 1.807) is 6.08 Å². The van der Waals surface area contributed by atoms with Crippen molar-refractivity contribution in [2.24, 2.45) is 5.92 Å². The first-order chi connectivity index (χ1) is 9.98. The fraction of sp³-hybridized carbons (Fsp3) is 0.529. The van der Waals surface area contributed by atoms with Crippen LogP contribution >= 0.6 is 0 Å². The van der Waals surface area contributed by atoms with E-state index >= 15 is 0 Å². The highest BCUT2D eigenvalue weighted by Crippen LogP contribution is 2.36. The second-order valence-corrected chi connectivity index (χ2v) is 5.73. The second kappa shape index (κ2) is 7.10. The molecule has 1 aromatic rings. The molecule has 1 saturated carbocycles. The first-order valence-electron chi connectivity index (χ1n) is 7.36. The fourth-order valence-electron chi connectivity index (χ4n) is 2.92. The van der Waals surface area contributed by atoms with E-state index in [2.05, 4.69) is 0 Å². The summed E-state index contributed by atoms with van der Waals surface area (Å²) in [6, 6.07) is 7.56. The van der Waals surface area contributed by atoms with Gasteiger partial charge in [0.25, 0.3) is 0 Å². The van der Waals surface area contributed by atoms with Crippen molar-refractivity contribution in [1.29, 1.82) is 0 Å². The lowest BCUT2D eigenvalue weighted by Gasteiger charge is -2.27. The van der Waals surface area contributed by atoms with Crippen LogP contribution in [-0.4, -0.2) is 6.18 Å². The Labute approximate surface area is 122 Å². The molecule has 116 valence electrons. The zero-order chi connectivity index (χ0) is 15.3. The van der Waals surface area contributed by atoms with Gasteiger partial charge in [-0.05, 0) is 48.6 Å². The molecule has 0 aliphatic heterocycles. The topological polar surface area (TPSA) is 0 Å². The van der Waals surface area contributed by atoms with Crippen LogP contribution in [0.1, 0.15) is 49.1 Å². The maximum absolute atomic E-state index is 12.5. The predicted octanol–water partition coefficient (Wildman–Crippen LogP) is 5.94. The van der Waals surface area contributed by atoms with Gasteiger partial charge in [0.1, 0.15) is 6.67 Å². The predicted molar refractivity (Wildman–Crippen MR) is 75.8 cm³/mol. The van der Waals surface area contributed by atoms with Crippen LogP contribution in [0.3, 0.4) is 0 Å². The third-order valence-corrected chi connectivity index (χ3v) is 4.13. The smallest absolute Gasteiger partial charge is 0.246 e. The van der Waals surface area contributed by atoms with E-state index in [9.17, 15) is 17.6 Å². The van der Waals surface area contributed by atoms with Crippen molar-refractivity contribution in [3.05, 3.63) is 47.5 Å². The van der Waals surface area contributed by atoms with Crippen molar-refractivity contribution in [2.45, 2.75) is 50.9 Å². The highest BCUT2D eigenvalue weighted by molar-refractivity contribution is 5.25. The Morgan fingerprint density at radius 1 is 1.00 bits per heavy atom. The van der Waals surface area contributed by atoms with Crippen molar-refractivity contribution >= 4 is 0 Å². The summed E-state index contributed by atoms with van der Waals surface area (Å²) < 4.78 is 48.7. The summed E-state index contributed by atoms with van der Waals surface area (Å²) in [5, 5.41) is 0. The van der Waals surface area contributed by atoms with Gasteiger partial charge in [-0.15, -0.1) is 0 Å². The lowest BCUT2D eigenvalue weighted by molar-refractivity contribution is -0.125. The Kier molecular flexibility index (Phi) is 5.43. The molecule has 1 fully saturated rings. The van der Waals surface area contributed by atoms with Gasteiger partial charge in [-0.25, -0.2) is 4.39 Å². The average molecular weight is 300 g/mol. The number of benzene rings is 1. The van der Waals surface area contributed by atoms with Crippen LogP contribution in [0.2, 0.25) is 0 Å². The van der Waals surface area contributed by atoms with E-state index in [0.717, 1.165) is 25.7 Å². The third-order valence-electron chi connectivity index (χ3n) is 4.13. The van der Waals surface area contributed by atoms with Crippen LogP contribution in [-0.2, 0) is 6.67 Å². The molecule has 0 saturated heterocycles. The maximum atomic E-state index is 12.5. The monoisotopic (exact) mass is 300 g/mol. The summed E-state index contributed by atoms with van der Waals surface area (Å²) in [4.78, 5) is 0. The minimum atomic E-state index is -4.11. The van der Waals surface area contributed by atoms with Crippen molar-refractivity contribution in [1.82, 2.24) is 0 Å². The first-order valence-corrected chi connectivity index (χ1v) is 7.36. The highest BCUT2D eigenvalue weighted by atomic mass is 19.4. The summed E-state index contributed by atoms with van der Waals surface area (Å²) in [7, 11) is 0. The zero-order valence-corrected chi connectivity index (χ0v) is 11.9. The van der Waals surface area contributed by atoms with Gasteiger partial charge in [0.2, 0.25) is 0 Å². The third kappa shape index (κ3) is 5.18. The summed E-state index contributed by atoms with van der Waals surface area (Å²) >= 11 is 0. The van der Waals surface area contributed by atoms with Crippen LogP contribution in [0.25, 0.3) is 0 Å². The van der Waals surface area contributed by atoms with Gasteiger partial charge in [0.15, 0.2) is 0 Å². The lowest BCUT2D eigenvalue weighted by atomic mass is 9.78. The average Bonchev–Trinajstić information content (AvgIpc) is 2.47. The molecular formula is C17H20F4. The molecule has 21 heavy (non-hydrogen) atoms. The molecule has 0 unspecified atom stereocenters. The fourth-order valence-corrected chi connectivity index (χ4v) is 2.92. The number of hydrogen-bond donors (Lipinski definition) is 0. The highest BCUT2D eigenvalue weighted by Gasteiger charge is 2.25. The van der Waals surface area contributed by atoms with Crippen molar-refractivity contribution < 1.29 is 17.6 Å². The van der Waals surface area contributed by atoms with E-state index < -0.39 is 19.3 Å². The van der Waals surface area contributed by atoms with Gasteiger partial charge in [-0.2, -0.15) is 13.2 Å². The van der Waals surface area contributed by atoms with Gasteiger partial charge in [0, 0.05) is 0 Å². The zero-order valence-electron chi connectivity index (χ0n) is 11.9. The van der Waals surface area contributed by atoms with E-state index in [0.29, 0.717) is 11.5 Å². The Morgan fingerprint density at radius 3 is 2.14 bits per heavy atom. The van der Waals surface area contributed by atoms with Crippen LogP contribution in [0.15, 0.2) is 36.4 Å². The number of hydrogen-bond acceptors (Lipinski definition) is 0. The van der Waals surface area contributed by atoms with Crippen LogP contribution in [0.4, 0.5) is 17.6 Å². The summed E-state index contributed by atoms with van der Waals surface area (Å²) in [6.45, 7) is -0.447. The Hall–Kier alpha value is -1.32. The molecule has 0 heterocycles. The molecule has 4 heteroatoms. The van der Waals surface area contributed by atoms with Crippen molar-refractivity contribution in [3.63, 3.8) is 0 Å². The Morgan fingerprint density at radius 2 is 1.62 bits per heavy atom. The Bertz CT molecular complexity index is 451. The molecule has 0 amide bonds. The van der Waals surface area contributed by atoms with E-state index in [1.165, 1.54) is 11.6 Å². The molecule has 1 aromatic carbocycles. The molecule has 0 spiro atoms. The molecule has 0 radical (unpaired) electrons. The summed E-state index contributed by atoms with van der Waals surface area (Å²) in [5.74, 6) is 0.708. The van der Waals surface area contributed by atoms with E-state index in [4.69, 9.17) is 0 Å². The van der Waals surface area contributed by atoms with E-state index in [-0.39, 0.29) is 5.92 Å². The first kappa shape index (κ1) is 16.1. The van der Waals surface area contributed by atoms with E-state index in [1.807, 2.05) is 24.3 Å².